The van der Waals surface area contributed by atoms with Gasteiger partial charge in [0.2, 0.25) is 0 Å². The van der Waals surface area contributed by atoms with Gasteiger partial charge in [-0.05, 0) is 31.0 Å². The van der Waals surface area contributed by atoms with E-state index in [4.69, 9.17) is 17.4 Å². The molecular weight excluding hydrogens is 340 g/mol. The lowest BCUT2D eigenvalue weighted by Crippen LogP contribution is -2.14. The summed E-state index contributed by atoms with van der Waals surface area (Å²) >= 11 is 9.66. The largest absolute Gasteiger partial charge is 0.308 e. The minimum absolute atomic E-state index is 0.285. The Morgan fingerprint density at radius 2 is 2.00 bits per heavy atom. The summed E-state index contributed by atoms with van der Waals surface area (Å²) in [4.78, 5) is 9.06. The number of hydrogen-bond donors (Lipinski definition) is 2. The number of aromatic nitrogens is 2. The van der Waals surface area contributed by atoms with Crippen LogP contribution in [0.5, 0.6) is 0 Å². The molecule has 2 aromatic rings. The Hall–Kier alpha value is -1.17. The fraction of sp³-hybridized carbons (Fsp3) is 0.286. The molecule has 106 valence electrons. The second kappa shape index (κ2) is 6.08. The summed E-state index contributed by atoms with van der Waals surface area (Å²) < 4.78 is 0.924. The van der Waals surface area contributed by atoms with E-state index in [1.54, 1.807) is 0 Å². The topological polar surface area (TPSA) is 63.8 Å². The van der Waals surface area contributed by atoms with Gasteiger partial charge in [0.25, 0.3) is 0 Å². The molecule has 3 N–H and O–H groups in total. The normalized spacial score (nSPS) is 10.9. The average molecular weight is 356 g/mol. The molecule has 0 spiro atoms. The average Bonchev–Trinajstić information content (AvgIpc) is 2.40. The number of hydrazine groups is 1. The van der Waals surface area contributed by atoms with Gasteiger partial charge in [0.05, 0.1) is 5.02 Å². The van der Waals surface area contributed by atoms with Gasteiger partial charge in [-0.1, -0.05) is 41.4 Å². The molecule has 1 aromatic heterocycles. The molecule has 0 bridgehead atoms. The van der Waals surface area contributed by atoms with Crippen molar-refractivity contribution in [2.45, 2.75) is 26.7 Å². The predicted octanol–water partition coefficient (Wildman–Crippen LogP) is 4.28. The number of rotatable bonds is 3. The number of nitrogens with one attached hydrogen (secondary N) is 1. The second-order valence-electron chi connectivity index (χ2n) is 4.82. The van der Waals surface area contributed by atoms with Crippen LogP contribution in [0.15, 0.2) is 22.7 Å². The number of nitrogens with zero attached hydrogens (tertiary/aromatic N) is 2. The highest BCUT2D eigenvalue weighted by molar-refractivity contribution is 9.10. The second-order valence-corrected chi connectivity index (χ2v) is 6.14. The van der Waals surface area contributed by atoms with Crippen molar-refractivity contribution in [3.63, 3.8) is 0 Å². The van der Waals surface area contributed by atoms with Crippen molar-refractivity contribution in [1.82, 2.24) is 9.97 Å². The number of benzene rings is 1. The monoisotopic (exact) mass is 354 g/mol. The summed E-state index contributed by atoms with van der Waals surface area (Å²) in [5, 5.41) is 0.605. The zero-order chi connectivity index (χ0) is 14.9. The molecule has 0 aliphatic carbocycles. The van der Waals surface area contributed by atoms with Crippen LogP contribution in [0.4, 0.5) is 5.82 Å². The molecule has 4 nitrogen and oxygen atoms in total. The van der Waals surface area contributed by atoms with E-state index >= 15 is 0 Å². The first-order valence-electron chi connectivity index (χ1n) is 6.24. The number of aryl methyl sites for hydroxylation is 1. The standard InChI is InChI=1S/C14H16BrClN4/c1-7(2)12-8(3)18-13(19-14(12)20-17)10-6-9(15)4-5-11(10)16/h4-7H,17H2,1-3H3,(H,18,19,20). The van der Waals surface area contributed by atoms with E-state index in [-0.39, 0.29) is 5.92 Å². The third-order valence-electron chi connectivity index (χ3n) is 3.02. The van der Waals surface area contributed by atoms with E-state index in [1.807, 2.05) is 25.1 Å². The fourth-order valence-electron chi connectivity index (χ4n) is 2.17. The van der Waals surface area contributed by atoms with Gasteiger partial charge in [0.1, 0.15) is 5.82 Å². The van der Waals surface area contributed by atoms with E-state index in [9.17, 15) is 0 Å². The molecule has 2 rings (SSSR count). The maximum Gasteiger partial charge on any atom is 0.163 e. The molecule has 0 unspecified atom stereocenters. The molecule has 0 aliphatic rings. The van der Waals surface area contributed by atoms with Gasteiger partial charge < -0.3 is 5.43 Å². The highest BCUT2D eigenvalue weighted by Crippen LogP contribution is 2.32. The molecule has 0 aliphatic heterocycles. The van der Waals surface area contributed by atoms with Crippen molar-refractivity contribution in [2.75, 3.05) is 5.43 Å². The molecular formula is C14H16BrClN4. The van der Waals surface area contributed by atoms with Crippen LogP contribution < -0.4 is 11.3 Å². The highest BCUT2D eigenvalue weighted by atomic mass is 79.9. The Bertz CT molecular complexity index is 643. The van der Waals surface area contributed by atoms with E-state index < -0.39 is 0 Å². The Balaban J connectivity index is 2.64. The minimum Gasteiger partial charge on any atom is -0.308 e. The first-order valence-corrected chi connectivity index (χ1v) is 7.41. The Kier molecular flexibility index (Phi) is 4.62. The van der Waals surface area contributed by atoms with Crippen molar-refractivity contribution >= 4 is 33.3 Å². The lowest BCUT2D eigenvalue weighted by Gasteiger charge is -2.15. The van der Waals surface area contributed by atoms with E-state index in [0.717, 1.165) is 21.3 Å². The summed E-state index contributed by atoms with van der Waals surface area (Å²) in [6.07, 6.45) is 0. The van der Waals surface area contributed by atoms with Crippen LogP contribution >= 0.6 is 27.5 Å². The van der Waals surface area contributed by atoms with Crippen molar-refractivity contribution in [3.8, 4) is 11.4 Å². The molecule has 20 heavy (non-hydrogen) atoms. The number of nitrogen functional groups attached to an aromatic ring is 1. The lowest BCUT2D eigenvalue weighted by molar-refractivity contribution is 0.832. The third-order valence-corrected chi connectivity index (χ3v) is 3.84. The predicted molar refractivity (Wildman–Crippen MR) is 86.8 cm³/mol. The molecule has 0 radical (unpaired) electrons. The summed E-state index contributed by atoms with van der Waals surface area (Å²) in [7, 11) is 0. The van der Waals surface area contributed by atoms with Gasteiger partial charge in [-0.15, -0.1) is 0 Å². The Morgan fingerprint density at radius 1 is 1.30 bits per heavy atom. The van der Waals surface area contributed by atoms with Gasteiger partial charge in [0.15, 0.2) is 5.82 Å². The quantitative estimate of drug-likeness (QED) is 0.637. The van der Waals surface area contributed by atoms with Gasteiger partial charge in [-0.3, -0.25) is 0 Å². The zero-order valence-corrected chi connectivity index (χ0v) is 13.9. The summed E-state index contributed by atoms with van der Waals surface area (Å²) in [5.74, 6) is 7.07. The molecule has 0 saturated heterocycles. The first-order chi connectivity index (χ1) is 9.43. The summed E-state index contributed by atoms with van der Waals surface area (Å²) in [5.41, 5.74) is 5.34. The third kappa shape index (κ3) is 2.95. The van der Waals surface area contributed by atoms with Crippen LogP contribution in [0.25, 0.3) is 11.4 Å². The van der Waals surface area contributed by atoms with Gasteiger partial charge >= 0.3 is 0 Å². The Morgan fingerprint density at radius 3 is 2.60 bits per heavy atom. The zero-order valence-electron chi connectivity index (χ0n) is 11.5. The van der Waals surface area contributed by atoms with Gasteiger partial charge in [0, 0.05) is 21.3 Å². The number of anilines is 1. The number of nitrogens with two attached hydrogens (primary N) is 1. The minimum atomic E-state index is 0.285. The van der Waals surface area contributed by atoms with E-state index in [2.05, 4.69) is 45.2 Å². The summed E-state index contributed by atoms with van der Waals surface area (Å²) in [6, 6.07) is 5.58. The number of hydrogen-bond acceptors (Lipinski definition) is 4. The van der Waals surface area contributed by atoms with E-state index in [0.29, 0.717) is 16.7 Å². The molecule has 6 heteroatoms. The maximum absolute atomic E-state index is 6.23. The van der Waals surface area contributed by atoms with Crippen LogP contribution in [-0.2, 0) is 0 Å². The van der Waals surface area contributed by atoms with Gasteiger partial charge in [-0.2, -0.15) is 0 Å². The van der Waals surface area contributed by atoms with Crippen LogP contribution in [0, 0.1) is 6.92 Å². The Labute approximate surface area is 131 Å². The fourth-order valence-corrected chi connectivity index (χ4v) is 2.74. The van der Waals surface area contributed by atoms with Crippen LogP contribution in [0.3, 0.4) is 0 Å². The van der Waals surface area contributed by atoms with Gasteiger partial charge in [-0.25, -0.2) is 15.8 Å². The maximum atomic E-state index is 6.23. The number of halogens is 2. The lowest BCUT2D eigenvalue weighted by atomic mass is 10.0. The molecule has 0 amide bonds. The SMILES string of the molecule is Cc1nc(-c2cc(Br)ccc2Cl)nc(NN)c1C(C)C. The molecule has 0 fully saturated rings. The molecule has 1 aromatic carbocycles. The van der Waals surface area contributed by atoms with Crippen LogP contribution in [-0.4, -0.2) is 9.97 Å². The van der Waals surface area contributed by atoms with E-state index in [1.165, 1.54) is 0 Å². The van der Waals surface area contributed by atoms with Crippen molar-refractivity contribution in [2.24, 2.45) is 5.84 Å². The molecule has 0 saturated carbocycles. The summed E-state index contributed by atoms with van der Waals surface area (Å²) in [6.45, 7) is 6.11. The smallest absolute Gasteiger partial charge is 0.163 e. The first kappa shape index (κ1) is 15.2. The van der Waals surface area contributed by atoms with Crippen molar-refractivity contribution in [3.05, 3.63) is 39.0 Å². The van der Waals surface area contributed by atoms with Crippen molar-refractivity contribution in [1.29, 1.82) is 0 Å². The molecule has 0 atom stereocenters. The van der Waals surface area contributed by atoms with Crippen LogP contribution in [0.2, 0.25) is 5.02 Å². The van der Waals surface area contributed by atoms with Crippen molar-refractivity contribution < 1.29 is 0 Å². The highest BCUT2D eigenvalue weighted by Gasteiger charge is 2.16. The molecule has 1 heterocycles. The van der Waals surface area contributed by atoms with Crippen LogP contribution in [0.1, 0.15) is 31.0 Å².